The molecule has 0 N–H and O–H groups in total. The van der Waals surface area contributed by atoms with Crippen molar-refractivity contribution in [3.63, 3.8) is 0 Å². The van der Waals surface area contributed by atoms with Gasteiger partial charge in [-0.25, -0.2) is 0 Å². The molecule has 0 saturated heterocycles. The van der Waals surface area contributed by atoms with Gasteiger partial charge in [0.05, 0.1) is 0 Å². The minimum Gasteiger partial charge on any atom is -0.462 e. The van der Waals surface area contributed by atoms with Crippen molar-refractivity contribution in [2.75, 3.05) is 13.2 Å². The predicted octanol–water partition coefficient (Wildman–Crippen LogP) is 20.0. The molecule has 0 spiro atoms. The van der Waals surface area contributed by atoms with Crippen LogP contribution in [0, 0.1) is 0 Å². The number of ether oxygens (including phenoxy) is 3. The second-order valence-electron chi connectivity index (χ2n) is 18.8. The number of carbonyl (C=O) groups is 3. The summed E-state index contributed by atoms with van der Waals surface area (Å²) < 4.78 is 16.7. The molecule has 0 aliphatic heterocycles. The summed E-state index contributed by atoms with van der Waals surface area (Å²) in [5, 5.41) is 0. The minimum absolute atomic E-state index is 0.127. The molecular weight excluding hydrogens is 901 g/mol. The highest BCUT2D eigenvalue weighted by molar-refractivity contribution is 5.71. The minimum atomic E-state index is -0.829. The Morgan fingerprint density at radius 2 is 0.562 bits per heavy atom. The van der Waals surface area contributed by atoms with E-state index >= 15 is 0 Å². The van der Waals surface area contributed by atoms with Crippen molar-refractivity contribution < 1.29 is 28.6 Å². The molecule has 0 aromatic carbocycles. The summed E-state index contributed by atoms with van der Waals surface area (Å²) >= 11 is 0. The summed E-state index contributed by atoms with van der Waals surface area (Å²) in [6.07, 6.45) is 85.7. The van der Waals surface area contributed by atoms with Crippen LogP contribution in [0.25, 0.3) is 0 Å². The number of allylic oxidation sites excluding steroid dienone is 24. The fraction of sp³-hybridized carbons (Fsp3) is 0.597. The molecule has 0 aromatic rings. The van der Waals surface area contributed by atoms with Gasteiger partial charge in [-0.2, -0.15) is 0 Å². The van der Waals surface area contributed by atoms with Crippen LogP contribution in [0.2, 0.25) is 0 Å². The Hall–Kier alpha value is -4.71. The molecule has 1 atom stereocenters. The van der Waals surface area contributed by atoms with E-state index in [1.165, 1.54) is 77.0 Å². The van der Waals surface area contributed by atoms with E-state index in [9.17, 15) is 14.4 Å². The van der Waals surface area contributed by atoms with E-state index < -0.39 is 6.10 Å². The number of hydrogen-bond acceptors (Lipinski definition) is 6. The van der Waals surface area contributed by atoms with Crippen LogP contribution in [-0.4, -0.2) is 37.2 Å². The zero-order chi connectivity index (χ0) is 52.9. The Balaban J connectivity index is 4.48. The maximum absolute atomic E-state index is 12.8. The Kier molecular flexibility index (Phi) is 56.0. The second kappa shape index (κ2) is 59.8. The van der Waals surface area contributed by atoms with Crippen molar-refractivity contribution in [1.82, 2.24) is 0 Å². The lowest BCUT2D eigenvalue weighted by molar-refractivity contribution is -0.166. The first-order valence-corrected chi connectivity index (χ1v) is 29.3. The zero-order valence-electron chi connectivity index (χ0n) is 46.8. The fourth-order valence-corrected chi connectivity index (χ4v) is 7.53. The molecule has 0 rings (SSSR count). The van der Waals surface area contributed by atoms with Gasteiger partial charge in [-0.1, -0.05) is 256 Å². The number of rotatable bonds is 51. The van der Waals surface area contributed by atoms with E-state index in [1.807, 2.05) is 12.2 Å². The van der Waals surface area contributed by atoms with E-state index in [4.69, 9.17) is 14.2 Å². The molecule has 0 bridgehead atoms. The molecule has 6 heteroatoms. The highest BCUT2D eigenvalue weighted by Gasteiger charge is 2.19. The molecule has 6 nitrogen and oxygen atoms in total. The molecule has 0 aliphatic carbocycles. The smallest absolute Gasteiger partial charge is 0.306 e. The van der Waals surface area contributed by atoms with Crippen molar-refractivity contribution in [1.29, 1.82) is 0 Å². The summed E-state index contributed by atoms with van der Waals surface area (Å²) in [5.41, 5.74) is 0. The standard InChI is InChI=1S/C67H106O6/c1-4-7-10-13-16-19-22-25-27-28-29-30-31-32-33-34-35-36-37-38-40-42-45-48-51-54-57-60-66(69)72-63-64(62-71-65(68)59-56-53-50-47-44-41-24-21-18-15-12-9-6-3)73-67(70)61-58-55-52-49-46-43-39-26-23-20-17-14-11-8-5-2/h7,9-10,12,16,18-19,21,25,27,29-30,32-33,35-36,38,40-41,44-45,48,50,53,64H,4-6,8,11,13-15,17,20,22-24,26,28,31,34,37,39,42-43,46-47,49,51-52,54-63H2,1-3H3/b10-7-,12-9-,19-16-,21-18-,27-25-,30-29-,33-32-,36-35-,40-38-,44-41-,48-45-,53-50-. The summed E-state index contributed by atoms with van der Waals surface area (Å²) in [7, 11) is 0. The van der Waals surface area contributed by atoms with Gasteiger partial charge in [-0.15, -0.1) is 0 Å². The van der Waals surface area contributed by atoms with Gasteiger partial charge in [0.2, 0.25) is 0 Å². The maximum atomic E-state index is 12.8. The topological polar surface area (TPSA) is 78.9 Å². The molecule has 73 heavy (non-hydrogen) atoms. The molecule has 0 aliphatic rings. The average molecular weight is 1010 g/mol. The molecule has 1 unspecified atom stereocenters. The van der Waals surface area contributed by atoms with Crippen molar-refractivity contribution in [2.45, 2.75) is 245 Å². The third kappa shape index (κ3) is 58.1. The van der Waals surface area contributed by atoms with Gasteiger partial charge in [0, 0.05) is 19.3 Å². The van der Waals surface area contributed by atoms with Crippen LogP contribution in [0.5, 0.6) is 0 Å². The van der Waals surface area contributed by atoms with Gasteiger partial charge in [0.15, 0.2) is 6.10 Å². The van der Waals surface area contributed by atoms with Crippen LogP contribution in [0.4, 0.5) is 0 Å². The molecule has 0 heterocycles. The predicted molar refractivity (Wildman–Crippen MR) is 315 cm³/mol. The third-order valence-corrected chi connectivity index (χ3v) is 11.9. The first-order valence-electron chi connectivity index (χ1n) is 29.3. The highest BCUT2D eigenvalue weighted by atomic mass is 16.6. The van der Waals surface area contributed by atoms with Gasteiger partial charge in [-0.3, -0.25) is 14.4 Å². The normalized spacial score (nSPS) is 13.2. The van der Waals surface area contributed by atoms with E-state index in [2.05, 4.69) is 154 Å². The van der Waals surface area contributed by atoms with Gasteiger partial charge in [-0.05, 0) is 109 Å². The summed E-state index contributed by atoms with van der Waals surface area (Å²) in [4.78, 5) is 38.1. The summed E-state index contributed by atoms with van der Waals surface area (Å²) in [5.74, 6) is -1.05. The SMILES string of the molecule is CC/C=C\C/C=C\C/C=C\C/C=C\C/C=C\C/C=C\C/C=C\C/C=C\CCCCC(=O)OCC(COC(=O)CC/C=C\C/C=C\C/C=C\C/C=C\CC)OC(=O)CCCCCCCCCCCCCCCCC. The molecular formula is C67H106O6. The zero-order valence-corrected chi connectivity index (χ0v) is 46.8. The maximum Gasteiger partial charge on any atom is 0.306 e. The Labute approximate surface area is 448 Å². The molecule has 0 fully saturated rings. The lowest BCUT2D eigenvalue weighted by Gasteiger charge is -2.18. The monoisotopic (exact) mass is 1010 g/mol. The van der Waals surface area contributed by atoms with Crippen LogP contribution in [-0.2, 0) is 28.6 Å². The second-order valence-corrected chi connectivity index (χ2v) is 18.8. The van der Waals surface area contributed by atoms with Gasteiger partial charge < -0.3 is 14.2 Å². The van der Waals surface area contributed by atoms with Crippen molar-refractivity contribution in [3.8, 4) is 0 Å². The van der Waals surface area contributed by atoms with Crippen molar-refractivity contribution >= 4 is 17.9 Å². The van der Waals surface area contributed by atoms with Crippen LogP contribution in [0.1, 0.15) is 239 Å². The van der Waals surface area contributed by atoms with Crippen LogP contribution in [0.15, 0.2) is 146 Å². The molecule has 0 amide bonds. The van der Waals surface area contributed by atoms with E-state index in [0.29, 0.717) is 19.3 Å². The van der Waals surface area contributed by atoms with E-state index in [0.717, 1.165) is 109 Å². The largest absolute Gasteiger partial charge is 0.462 e. The molecule has 0 aromatic heterocycles. The van der Waals surface area contributed by atoms with E-state index in [1.54, 1.807) is 0 Å². The summed E-state index contributed by atoms with van der Waals surface area (Å²) in [6, 6.07) is 0. The average Bonchev–Trinajstić information content (AvgIpc) is 3.39. The van der Waals surface area contributed by atoms with Crippen LogP contribution < -0.4 is 0 Å². The van der Waals surface area contributed by atoms with Gasteiger partial charge in [0.1, 0.15) is 13.2 Å². The first kappa shape index (κ1) is 68.3. The lowest BCUT2D eigenvalue weighted by Crippen LogP contribution is -2.30. The molecule has 410 valence electrons. The van der Waals surface area contributed by atoms with E-state index in [-0.39, 0.29) is 44.0 Å². The number of hydrogen-bond donors (Lipinski definition) is 0. The lowest BCUT2D eigenvalue weighted by atomic mass is 10.0. The van der Waals surface area contributed by atoms with Crippen molar-refractivity contribution in [2.24, 2.45) is 0 Å². The Morgan fingerprint density at radius 3 is 0.918 bits per heavy atom. The number of esters is 3. The van der Waals surface area contributed by atoms with Crippen LogP contribution >= 0.6 is 0 Å². The van der Waals surface area contributed by atoms with Crippen LogP contribution in [0.3, 0.4) is 0 Å². The fourth-order valence-electron chi connectivity index (χ4n) is 7.53. The molecule has 0 radical (unpaired) electrons. The summed E-state index contributed by atoms with van der Waals surface area (Å²) in [6.45, 7) is 6.30. The van der Waals surface area contributed by atoms with Gasteiger partial charge in [0.25, 0.3) is 0 Å². The molecule has 0 saturated carbocycles. The third-order valence-electron chi connectivity index (χ3n) is 11.9. The Morgan fingerprint density at radius 1 is 0.288 bits per heavy atom. The van der Waals surface area contributed by atoms with Crippen molar-refractivity contribution in [3.05, 3.63) is 146 Å². The quantitative estimate of drug-likeness (QED) is 0.0261. The number of unbranched alkanes of at least 4 members (excludes halogenated alkanes) is 16. The first-order chi connectivity index (χ1) is 36.0. The number of carbonyl (C=O) groups excluding carboxylic acids is 3. The Bertz CT molecular complexity index is 1630. The highest BCUT2D eigenvalue weighted by Crippen LogP contribution is 2.15. The van der Waals surface area contributed by atoms with Gasteiger partial charge >= 0.3 is 17.9 Å².